The summed E-state index contributed by atoms with van der Waals surface area (Å²) >= 11 is 1.63. The molecule has 2 aromatic rings. The van der Waals surface area contributed by atoms with Crippen molar-refractivity contribution in [1.29, 1.82) is 0 Å². The fourth-order valence-electron chi connectivity index (χ4n) is 1.80. The van der Waals surface area contributed by atoms with Crippen LogP contribution >= 0.6 is 11.8 Å². The monoisotopic (exact) mass is 292 g/mol. The number of nitrogen functional groups attached to an aromatic ring is 1. The van der Waals surface area contributed by atoms with Crippen molar-refractivity contribution in [3.63, 3.8) is 0 Å². The molecule has 1 heterocycles. The normalized spacial score (nSPS) is 12.3. The molecular weight excluding hydrogens is 275 g/mol. The molecule has 1 atom stereocenters. The molecule has 0 amide bonds. The second kappa shape index (κ2) is 7.23. The van der Waals surface area contributed by atoms with Gasteiger partial charge < -0.3 is 5.73 Å². The van der Waals surface area contributed by atoms with Gasteiger partial charge in [-0.05, 0) is 48.4 Å². The zero-order valence-electron chi connectivity index (χ0n) is 10.9. The number of aromatic nitrogens is 1. The summed E-state index contributed by atoms with van der Waals surface area (Å²) < 4.78 is 12.8. The maximum Gasteiger partial charge on any atom is 0.123 e. The van der Waals surface area contributed by atoms with Gasteiger partial charge in [0.25, 0.3) is 0 Å². The van der Waals surface area contributed by atoms with E-state index in [1.54, 1.807) is 30.1 Å². The molecule has 6 heteroatoms. The topological polar surface area (TPSA) is 77.0 Å². The van der Waals surface area contributed by atoms with Gasteiger partial charge in [-0.1, -0.05) is 0 Å². The second-order valence-electron chi connectivity index (χ2n) is 4.42. The predicted octanol–water partition coefficient (Wildman–Crippen LogP) is 1.97. The summed E-state index contributed by atoms with van der Waals surface area (Å²) in [6.07, 6.45) is 2.45. The van der Waals surface area contributed by atoms with E-state index in [2.05, 4.69) is 10.4 Å². The van der Waals surface area contributed by atoms with E-state index in [-0.39, 0.29) is 11.9 Å². The highest BCUT2D eigenvalue weighted by Gasteiger charge is 2.09. The number of hydrazine groups is 1. The molecule has 4 nitrogen and oxygen atoms in total. The lowest BCUT2D eigenvalue weighted by molar-refractivity contribution is 0.575. The highest BCUT2D eigenvalue weighted by atomic mass is 32.2. The minimum Gasteiger partial charge on any atom is -0.384 e. The Kier molecular flexibility index (Phi) is 5.34. The van der Waals surface area contributed by atoms with E-state index in [1.807, 2.05) is 12.1 Å². The van der Waals surface area contributed by atoms with Crippen molar-refractivity contribution in [2.75, 3.05) is 11.5 Å². The molecule has 1 aromatic carbocycles. The third-order valence-electron chi connectivity index (χ3n) is 2.83. The van der Waals surface area contributed by atoms with E-state index >= 15 is 0 Å². The van der Waals surface area contributed by atoms with E-state index in [1.165, 1.54) is 12.1 Å². The molecule has 0 aliphatic rings. The van der Waals surface area contributed by atoms with Crippen LogP contribution in [-0.4, -0.2) is 16.8 Å². The largest absolute Gasteiger partial charge is 0.384 e. The lowest BCUT2D eigenvalue weighted by Gasteiger charge is -2.15. The van der Waals surface area contributed by atoms with E-state index in [9.17, 15) is 4.39 Å². The molecule has 0 saturated heterocycles. The SMILES string of the molecule is NNC(CSc1ccc(F)cc1)Cc1ccnc(N)c1. The molecule has 2 rings (SSSR count). The average Bonchev–Trinajstić information content (AvgIpc) is 2.45. The first-order valence-electron chi connectivity index (χ1n) is 6.22. The van der Waals surface area contributed by atoms with Crippen LogP contribution in [0.5, 0.6) is 0 Å². The van der Waals surface area contributed by atoms with Gasteiger partial charge in [-0.3, -0.25) is 11.3 Å². The van der Waals surface area contributed by atoms with Crippen molar-refractivity contribution in [3.05, 3.63) is 54.0 Å². The van der Waals surface area contributed by atoms with Crippen molar-refractivity contribution in [1.82, 2.24) is 10.4 Å². The van der Waals surface area contributed by atoms with E-state index in [0.29, 0.717) is 5.82 Å². The Morgan fingerprint density at radius 2 is 2.00 bits per heavy atom. The fraction of sp³-hybridized carbons (Fsp3) is 0.214. The van der Waals surface area contributed by atoms with Crippen molar-refractivity contribution in [3.8, 4) is 0 Å². The Hall–Kier alpha value is -1.63. The molecule has 0 spiro atoms. The predicted molar refractivity (Wildman–Crippen MR) is 80.6 cm³/mol. The minimum absolute atomic E-state index is 0.104. The number of pyridine rings is 1. The van der Waals surface area contributed by atoms with Gasteiger partial charge in [0.05, 0.1) is 0 Å². The summed E-state index contributed by atoms with van der Waals surface area (Å²) in [6.45, 7) is 0. The maximum absolute atomic E-state index is 12.8. The summed E-state index contributed by atoms with van der Waals surface area (Å²) in [5.74, 6) is 6.64. The van der Waals surface area contributed by atoms with Crippen LogP contribution in [0.2, 0.25) is 0 Å². The Balaban J connectivity index is 1.90. The number of nitrogens with zero attached hydrogens (tertiary/aromatic N) is 1. The number of halogens is 1. The van der Waals surface area contributed by atoms with E-state index in [4.69, 9.17) is 11.6 Å². The number of rotatable bonds is 6. The molecule has 106 valence electrons. The Morgan fingerprint density at radius 3 is 2.65 bits per heavy atom. The van der Waals surface area contributed by atoms with Crippen LogP contribution in [0.1, 0.15) is 5.56 Å². The molecule has 1 unspecified atom stereocenters. The molecular formula is C14H17FN4S. The van der Waals surface area contributed by atoms with Gasteiger partial charge in [0.2, 0.25) is 0 Å². The molecule has 0 bridgehead atoms. The molecule has 1 aromatic heterocycles. The summed E-state index contributed by atoms with van der Waals surface area (Å²) in [7, 11) is 0. The first-order chi connectivity index (χ1) is 9.67. The minimum atomic E-state index is -0.227. The molecule has 0 fully saturated rings. The number of hydrogen-bond acceptors (Lipinski definition) is 5. The lowest BCUT2D eigenvalue weighted by Crippen LogP contribution is -2.38. The Morgan fingerprint density at radius 1 is 1.25 bits per heavy atom. The first-order valence-corrected chi connectivity index (χ1v) is 7.21. The van der Waals surface area contributed by atoms with Crippen molar-refractivity contribution in [2.24, 2.45) is 5.84 Å². The standard InChI is InChI=1S/C14H17FN4S/c15-11-1-3-13(4-2-11)20-9-12(19-17)7-10-5-6-18-14(16)8-10/h1-6,8,12,19H,7,9,17H2,(H2,16,18). The number of hydrogen-bond donors (Lipinski definition) is 3. The van der Waals surface area contributed by atoms with Gasteiger partial charge in [-0.15, -0.1) is 11.8 Å². The van der Waals surface area contributed by atoms with Gasteiger partial charge in [-0.25, -0.2) is 9.37 Å². The maximum atomic E-state index is 12.8. The smallest absolute Gasteiger partial charge is 0.123 e. The van der Waals surface area contributed by atoms with E-state index < -0.39 is 0 Å². The van der Waals surface area contributed by atoms with Gasteiger partial charge in [0, 0.05) is 22.9 Å². The summed E-state index contributed by atoms with van der Waals surface area (Å²) in [5, 5.41) is 0. The van der Waals surface area contributed by atoms with Crippen LogP contribution in [0, 0.1) is 5.82 Å². The molecule has 0 saturated carbocycles. The average molecular weight is 292 g/mol. The third-order valence-corrected chi connectivity index (χ3v) is 4.00. The lowest BCUT2D eigenvalue weighted by atomic mass is 10.1. The van der Waals surface area contributed by atoms with Crippen LogP contribution in [-0.2, 0) is 6.42 Å². The van der Waals surface area contributed by atoms with Crippen LogP contribution in [0.4, 0.5) is 10.2 Å². The fourth-order valence-corrected chi connectivity index (χ4v) is 2.74. The highest BCUT2D eigenvalue weighted by Crippen LogP contribution is 2.20. The number of thioether (sulfide) groups is 1. The quantitative estimate of drug-likeness (QED) is 0.431. The van der Waals surface area contributed by atoms with Crippen LogP contribution in [0.25, 0.3) is 0 Å². The van der Waals surface area contributed by atoms with Gasteiger partial charge in [0.1, 0.15) is 11.6 Å². The summed E-state index contributed by atoms with van der Waals surface area (Å²) in [5.41, 5.74) is 9.53. The molecule has 0 aliphatic carbocycles. The molecule has 0 radical (unpaired) electrons. The first kappa shape index (κ1) is 14.8. The van der Waals surface area contributed by atoms with Gasteiger partial charge in [-0.2, -0.15) is 0 Å². The number of anilines is 1. The molecule has 0 aliphatic heterocycles. The number of benzene rings is 1. The van der Waals surface area contributed by atoms with Crippen molar-refractivity contribution < 1.29 is 4.39 Å². The Labute approximate surface area is 121 Å². The Bertz CT molecular complexity index is 547. The van der Waals surface area contributed by atoms with Gasteiger partial charge in [0.15, 0.2) is 0 Å². The van der Waals surface area contributed by atoms with Gasteiger partial charge >= 0.3 is 0 Å². The van der Waals surface area contributed by atoms with Crippen molar-refractivity contribution >= 4 is 17.6 Å². The summed E-state index contributed by atoms with van der Waals surface area (Å²) in [4.78, 5) is 4.97. The van der Waals surface area contributed by atoms with Crippen LogP contribution in [0.15, 0.2) is 47.5 Å². The second-order valence-corrected chi connectivity index (χ2v) is 5.52. The van der Waals surface area contributed by atoms with Crippen LogP contribution < -0.4 is 17.0 Å². The summed E-state index contributed by atoms with van der Waals surface area (Å²) in [6, 6.07) is 10.3. The molecule has 5 N–H and O–H groups in total. The number of nitrogens with two attached hydrogens (primary N) is 2. The highest BCUT2D eigenvalue weighted by molar-refractivity contribution is 7.99. The molecule has 20 heavy (non-hydrogen) atoms. The third kappa shape index (κ3) is 4.48. The zero-order chi connectivity index (χ0) is 14.4. The van der Waals surface area contributed by atoms with Crippen molar-refractivity contribution in [2.45, 2.75) is 17.4 Å². The van der Waals surface area contributed by atoms with Crippen LogP contribution in [0.3, 0.4) is 0 Å². The number of nitrogens with one attached hydrogen (secondary N) is 1. The zero-order valence-corrected chi connectivity index (χ0v) is 11.7. The van der Waals surface area contributed by atoms with E-state index in [0.717, 1.165) is 22.6 Å².